The second-order valence-electron chi connectivity index (χ2n) is 4.76. The minimum Gasteiger partial charge on any atom is -0.507 e. The molecule has 118 valence electrons. The average Bonchev–Trinajstić information content (AvgIpc) is 2.51. The largest absolute Gasteiger partial charge is 0.507 e. The van der Waals surface area contributed by atoms with Crippen LogP contribution in [0.4, 0.5) is 5.82 Å². The van der Waals surface area contributed by atoms with Crippen LogP contribution in [0, 0.1) is 18.3 Å². The second-order valence-corrected chi connectivity index (χ2v) is 5.68. The number of aryl methyl sites for hydroxylation is 1. The number of methoxy groups -OCH3 is 1. The summed E-state index contributed by atoms with van der Waals surface area (Å²) in [6.45, 7) is 2.15. The Morgan fingerprint density at radius 3 is 2.96 bits per heavy atom. The highest BCUT2D eigenvalue weighted by atomic mass is 79.9. The summed E-state index contributed by atoms with van der Waals surface area (Å²) in [6, 6.07) is 8.93. The van der Waals surface area contributed by atoms with Crippen LogP contribution in [0.5, 0.6) is 5.75 Å². The Balaban J connectivity index is 2.28. The molecule has 0 saturated carbocycles. The van der Waals surface area contributed by atoms with Crippen LogP contribution in [0.2, 0.25) is 0 Å². The molecule has 0 aliphatic rings. The van der Waals surface area contributed by atoms with E-state index in [4.69, 9.17) is 4.74 Å². The highest BCUT2D eigenvalue weighted by Gasteiger charge is 2.10. The number of phenolic OH excluding ortho intramolecular Hbond substituents is 1. The Hall–Kier alpha value is -2.43. The van der Waals surface area contributed by atoms with Crippen LogP contribution in [0.25, 0.3) is 0 Å². The van der Waals surface area contributed by atoms with Gasteiger partial charge in [-0.05, 0) is 31.2 Å². The van der Waals surface area contributed by atoms with E-state index in [9.17, 15) is 10.4 Å². The molecular weight excluding hydrogens is 360 g/mol. The Bertz CT molecular complexity index is 784. The fraction of sp³-hybridized carbons (Fsp3) is 0.188. The summed E-state index contributed by atoms with van der Waals surface area (Å²) in [5.41, 5.74) is 5.16. The molecular formula is C16H15BrN4O2. The lowest BCUT2D eigenvalue weighted by Gasteiger charge is -2.09. The first kappa shape index (κ1) is 16.9. The molecule has 2 N–H and O–H groups in total. The molecule has 0 fully saturated rings. The summed E-state index contributed by atoms with van der Waals surface area (Å²) >= 11 is 3.33. The fourth-order valence-electron chi connectivity index (χ4n) is 2.01. The topological polar surface area (TPSA) is 90.5 Å². The SMILES string of the molecule is COCc1cc(C)nc(NN=Cc2cc(Br)ccc2O)c1C#N. The lowest BCUT2D eigenvalue weighted by atomic mass is 10.1. The van der Waals surface area contributed by atoms with Crippen molar-refractivity contribution < 1.29 is 9.84 Å². The van der Waals surface area contributed by atoms with Crippen LogP contribution in [0.15, 0.2) is 33.8 Å². The summed E-state index contributed by atoms with van der Waals surface area (Å²) in [7, 11) is 1.57. The van der Waals surface area contributed by atoms with E-state index in [2.05, 4.69) is 37.5 Å². The Morgan fingerprint density at radius 2 is 2.26 bits per heavy atom. The Kier molecular flexibility index (Phi) is 5.68. The molecule has 0 unspecified atom stereocenters. The predicted molar refractivity (Wildman–Crippen MR) is 91.4 cm³/mol. The van der Waals surface area contributed by atoms with E-state index in [-0.39, 0.29) is 5.75 Å². The predicted octanol–water partition coefficient (Wildman–Crippen LogP) is 3.32. The molecule has 0 spiro atoms. The van der Waals surface area contributed by atoms with Gasteiger partial charge in [-0.1, -0.05) is 15.9 Å². The molecule has 0 saturated heterocycles. The van der Waals surface area contributed by atoms with Crippen molar-refractivity contribution in [2.45, 2.75) is 13.5 Å². The third-order valence-corrected chi connectivity index (χ3v) is 3.50. The third-order valence-electron chi connectivity index (χ3n) is 3.00. The highest BCUT2D eigenvalue weighted by molar-refractivity contribution is 9.10. The normalized spacial score (nSPS) is 10.7. The molecule has 0 radical (unpaired) electrons. The first-order chi connectivity index (χ1) is 11.0. The van der Waals surface area contributed by atoms with Gasteiger partial charge in [0, 0.05) is 28.4 Å². The number of hydrogen-bond acceptors (Lipinski definition) is 6. The van der Waals surface area contributed by atoms with Crippen LogP contribution < -0.4 is 5.43 Å². The number of anilines is 1. The number of nitrogens with one attached hydrogen (secondary N) is 1. The number of ether oxygens (including phenoxy) is 1. The number of halogens is 1. The molecule has 7 heteroatoms. The molecule has 6 nitrogen and oxygen atoms in total. The molecule has 0 atom stereocenters. The fourth-order valence-corrected chi connectivity index (χ4v) is 2.39. The van der Waals surface area contributed by atoms with Crippen molar-refractivity contribution >= 4 is 28.0 Å². The summed E-state index contributed by atoms with van der Waals surface area (Å²) in [5, 5.41) is 23.2. The van der Waals surface area contributed by atoms with Gasteiger partial charge in [0.2, 0.25) is 0 Å². The minimum absolute atomic E-state index is 0.108. The van der Waals surface area contributed by atoms with E-state index in [0.29, 0.717) is 23.6 Å². The van der Waals surface area contributed by atoms with Crippen molar-refractivity contribution in [2.24, 2.45) is 5.10 Å². The van der Waals surface area contributed by atoms with Crippen molar-refractivity contribution in [3.05, 3.63) is 51.1 Å². The molecule has 0 aliphatic carbocycles. The summed E-state index contributed by atoms with van der Waals surface area (Å²) < 4.78 is 5.92. The third kappa shape index (κ3) is 4.28. The molecule has 2 aromatic rings. The van der Waals surface area contributed by atoms with Gasteiger partial charge in [-0.15, -0.1) is 0 Å². The molecule has 1 heterocycles. The molecule has 2 rings (SSSR count). The number of rotatable bonds is 5. The van der Waals surface area contributed by atoms with Crippen LogP contribution >= 0.6 is 15.9 Å². The number of nitrogens with zero attached hydrogens (tertiary/aromatic N) is 3. The zero-order chi connectivity index (χ0) is 16.8. The number of phenols is 1. The first-order valence-electron chi connectivity index (χ1n) is 6.72. The van der Waals surface area contributed by atoms with E-state index >= 15 is 0 Å². The number of aromatic hydroxyl groups is 1. The van der Waals surface area contributed by atoms with E-state index in [1.165, 1.54) is 6.21 Å². The van der Waals surface area contributed by atoms with E-state index in [1.54, 1.807) is 31.4 Å². The van der Waals surface area contributed by atoms with E-state index in [0.717, 1.165) is 15.7 Å². The Labute approximate surface area is 142 Å². The number of nitriles is 1. The minimum atomic E-state index is 0.108. The number of hydrogen-bond donors (Lipinski definition) is 2. The van der Waals surface area contributed by atoms with Gasteiger partial charge in [0.25, 0.3) is 0 Å². The van der Waals surface area contributed by atoms with E-state index in [1.807, 2.05) is 6.92 Å². The second kappa shape index (κ2) is 7.72. The van der Waals surface area contributed by atoms with Crippen LogP contribution in [0.1, 0.15) is 22.4 Å². The Morgan fingerprint density at radius 1 is 1.48 bits per heavy atom. The summed E-state index contributed by atoms with van der Waals surface area (Å²) in [5.74, 6) is 0.460. The average molecular weight is 375 g/mol. The zero-order valence-corrected chi connectivity index (χ0v) is 14.3. The van der Waals surface area contributed by atoms with Gasteiger partial charge in [0.1, 0.15) is 17.4 Å². The van der Waals surface area contributed by atoms with Gasteiger partial charge >= 0.3 is 0 Å². The molecule has 0 bridgehead atoms. The lowest BCUT2D eigenvalue weighted by Crippen LogP contribution is -2.03. The van der Waals surface area contributed by atoms with Crippen LogP contribution in [0.3, 0.4) is 0 Å². The number of benzene rings is 1. The maximum atomic E-state index is 9.77. The van der Waals surface area contributed by atoms with Gasteiger partial charge in [-0.25, -0.2) is 4.98 Å². The van der Waals surface area contributed by atoms with E-state index < -0.39 is 0 Å². The van der Waals surface area contributed by atoms with Crippen LogP contribution in [-0.2, 0) is 11.3 Å². The quantitative estimate of drug-likeness (QED) is 0.618. The standard InChI is InChI=1S/C16H15BrN4O2/c1-10-5-12(9-23-2)14(7-18)16(20-10)21-19-8-11-6-13(17)3-4-15(11)22/h3-6,8,22H,9H2,1-2H3,(H,20,21). The van der Waals surface area contributed by atoms with Crippen LogP contribution in [-0.4, -0.2) is 23.4 Å². The molecule has 23 heavy (non-hydrogen) atoms. The molecule has 0 amide bonds. The van der Waals surface area contributed by atoms with Gasteiger partial charge in [0.05, 0.1) is 12.8 Å². The first-order valence-corrected chi connectivity index (χ1v) is 7.51. The zero-order valence-electron chi connectivity index (χ0n) is 12.7. The highest BCUT2D eigenvalue weighted by Crippen LogP contribution is 2.21. The molecule has 1 aromatic heterocycles. The van der Waals surface area contributed by atoms with Crippen molar-refractivity contribution in [1.82, 2.24) is 4.98 Å². The van der Waals surface area contributed by atoms with Crippen molar-refractivity contribution in [2.75, 3.05) is 12.5 Å². The van der Waals surface area contributed by atoms with Crippen molar-refractivity contribution in [1.29, 1.82) is 5.26 Å². The number of aromatic nitrogens is 1. The smallest absolute Gasteiger partial charge is 0.164 e. The summed E-state index contributed by atoms with van der Waals surface area (Å²) in [4.78, 5) is 4.28. The maximum absolute atomic E-state index is 9.77. The lowest BCUT2D eigenvalue weighted by molar-refractivity contribution is 0.184. The molecule has 1 aromatic carbocycles. The van der Waals surface area contributed by atoms with Crippen molar-refractivity contribution in [3.63, 3.8) is 0 Å². The van der Waals surface area contributed by atoms with Crippen molar-refractivity contribution in [3.8, 4) is 11.8 Å². The van der Waals surface area contributed by atoms with Gasteiger partial charge < -0.3 is 9.84 Å². The van der Waals surface area contributed by atoms with Gasteiger partial charge in [-0.2, -0.15) is 10.4 Å². The molecule has 0 aliphatic heterocycles. The van der Waals surface area contributed by atoms with Gasteiger partial charge in [-0.3, -0.25) is 5.43 Å². The number of pyridine rings is 1. The number of hydrazone groups is 1. The monoisotopic (exact) mass is 374 g/mol. The maximum Gasteiger partial charge on any atom is 0.164 e. The van der Waals surface area contributed by atoms with Gasteiger partial charge in [0.15, 0.2) is 5.82 Å². The summed E-state index contributed by atoms with van der Waals surface area (Å²) in [6.07, 6.45) is 1.46.